The van der Waals surface area contributed by atoms with Gasteiger partial charge in [-0.05, 0) is 163 Å². The monoisotopic (exact) mass is 1980 g/mol. The fraction of sp³-hybridized carbons (Fsp3) is 0.102. The van der Waals surface area contributed by atoms with Crippen molar-refractivity contribution in [2.45, 2.75) is 52.5 Å². The molecule has 0 unspecified atom stereocenters. The minimum Gasteiger partial charge on any atom is -0.366 e. The number of pyridine rings is 5. The molecule has 15 heterocycles. The number of anilines is 5. The number of halogens is 8. The summed E-state index contributed by atoms with van der Waals surface area (Å²) in [6.07, 6.45) is 26.2. The number of nitrogens with zero attached hydrogens (tertiary/aromatic N) is 20. The quantitative estimate of drug-likeness (QED) is 0.0288. The molecule has 616 valence electrons. The zero-order valence-electron chi connectivity index (χ0n) is 65.6. The van der Waals surface area contributed by atoms with Crippen molar-refractivity contribution in [3.8, 4) is 45.0 Å². The maximum absolute atomic E-state index is 14.2. The molecule has 0 saturated heterocycles. The van der Waals surface area contributed by atoms with Crippen molar-refractivity contribution in [1.82, 2.24) is 87.9 Å². The van der Waals surface area contributed by atoms with E-state index in [4.69, 9.17) is 26.4 Å². The van der Waals surface area contributed by atoms with Crippen LogP contribution < -0.4 is 40.9 Å². The van der Waals surface area contributed by atoms with E-state index in [1.807, 2.05) is 157 Å². The maximum atomic E-state index is 14.2. The lowest BCUT2D eigenvalue weighted by Gasteiger charge is -2.12. The highest BCUT2D eigenvalue weighted by Crippen LogP contribution is 2.34. The highest BCUT2D eigenvalue weighted by molar-refractivity contribution is 9.11. The molecule has 0 spiro atoms. The van der Waals surface area contributed by atoms with Gasteiger partial charge in [0.25, 0.3) is 0 Å². The van der Waals surface area contributed by atoms with E-state index in [1.165, 1.54) is 18.3 Å². The molecule has 15 aromatic heterocycles. The van der Waals surface area contributed by atoms with Gasteiger partial charge < -0.3 is 26.6 Å². The van der Waals surface area contributed by atoms with Crippen molar-refractivity contribution < 1.29 is 28.3 Å². The van der Waals surface area contributed by atoms with Gasteiger partial charge in [0.05, 0.1) is 76.1 Å². The van der Waals surface area contributed by atoms with Gasteiger partial charge in [-0.2, -0.15) is 48.1 Å². The third-order valence-electron chi connectivity index (χ3n) is 18.7. The third kappa shape index (κ3) is 20.9. The minimum atomic E-state index is -0.338. The van der Waals surface area contributed by atoms with Crippen LogP contribution in [-0.2, 0) is 32.7 Å². The van der Waals surface area contributed by atoms with E-state index in [1.54, 1.807) is 146 Å². The Morgan fingerprint density at radius 3 is 1.11 bits per heavy atom. The molecule has 0 aliphatic heterocycles. The summed E-state index contributed by atoms with van der Waals surface area (Å²) in [7, 11) is 1.64. The summed E-state index contributed by atoms with van der Waals surface area (Å²) in [5, 5.41) is 48.8. The predicted molar refractivity (Wildman–Crippen MR) is 487 cm³/mol. The van der Waals surface area contributed by atoms with E-state index in [-0.39, 0.29) is 11.6 Å². The van der Waals surface area contributed by atoms with Gasteiger partial charge in [-0.25, -0.2) is 33.7 Å². The second-order valence-corrected chi connectivity index (χ2v) is 32.1. The predicted octanol–water partition coefficient (Wildman–Crippen LogP) is 19.3. The summed E-state index contributed by atoms with van der Waals surface area (Å²) in [6, 6.07) is 59.8. The Kier molecular flexibility index (Phi) is 27.6. The Balaban J connectivity index is 0.000000119. The highest BCUT2D eigenvalue weighted by Gasteiger charge is 2.20. The molecule has 6 N–H and O–H groups in total. The van der Waals surface area contributed by atoms with E-state index in [0.717, 1.165) is 119 Å². The van der Waals surface area contributed by atoms with Gasteiger partial charge in [-0.15, -0.1) is 0 Å². The van der Waals surface area contributed by atoms with Crippen LogP contribution in [0.1, 0.15) is 53.3 Å². The zero-order chi connectivity index (χ0) is 85.3. The van der Waals surface area contributed by atoms with Crippen molar-refractivity contribution in [2.75, 3.05) is 33.7 Å². The van der Waals surface area contributed by atoms with Gasteiger partial charge in [-0.1, -0.05) is 116 Å². The van der Waals surface area contributed by atoms with Crippen LogP contribution in [-0.4, -0.2) is 100 Å². The molecule has 0 aliphatic carbocycles. The first-order valence-corrected chi connectivity index (χ1v) is 42.4. The van der Waals surface area contributed by atoms with Crippen LogP contribution in [0.2, 0.25) is 5.02 Å². The lowest BCUT2D eigenvalue weighted by Crippen LogP contribution is -2.40. The van der Waals surface area contributed by atoms with Crippen molar-refractivity contribution in [3.05, 3.63) is 360 Å². The van der Waals surface area contributed by atoms with Gasteiger partial charge in [0.15, 0.2) is 28.2 Å². The van der Waals surface area contributed by atoms with Gasteiger partial charge in [0.2, 0.25) is 24.8 Å². The number of fused-ring (bicyclic) bond motifs is 5. The van der Waals surface area contributed by atoms with Gasteiger partial charge in [-0.3, -0.25) is 25.0 Å². The number of hydrogen-bond donors (Lipinski definition) is 6. The Labute approximate surface area is 749 Å². The number of benzene rings is 4. The van der Waals surface area contributed by atoms with Gasteiger partial charge in [0.1, 0.15) is 47.8 Å². The summed E-state index contributed by atoms with van der Waals surface area (Å²) >= 11 is 23.8. The molecule has 0 fully saturated rings. The molecule has 123 heavy (non-hydrogen) atoms. The largest absolute Gasteiger partial charge is 0.366 e. The van der Waals surface area contributed by atoms with Crippen LogP contribution in [0.4, 0.5) is 37.9 Å². The molecular weight excluding hydrogens is 1910 g/mol. The first-order chi connectivity index (χ1) is 59.9. The lowest BCUT2D eigenvalue weighted by molar-refractivity contribution is -0.905. The summed E-state index contributed by atoms with van der Waals surface area (Å²) < 4.78 is 43.8. The van der Waals surface area contributed by atoms with E-state index >= 15 is 0 Å². The highest BCUT2D eigenvalue weighted by atomic mass is 79.9. The molecule has 27 nitrogen and oxygen atoms in total. The molecule has 0 amide bonds. The average Bonchev–Trinajstić information content (AvgIpc) is 1.78. The molecule has 0 saturated carbocycles. The summed E-state index contributed by atoms with van der Waals surface area (Å²) in [4.78, 5) is 40.7. The van der Waals surface area contributed by atoms with Crippen LogP contribution in [0, 0.1) is 11.6 Å². The molecule has 4 aromatic carbocycles. The molecule has 0 atom stereocenters. The summed E-state index contributed by atoms with van der Waals surface area (Å²) in [5.41, 5.74) is 15.3. The minimum absolute atomic E-state index is 0.312. The second-order valence-electron chi connectivity index (χ2n) is 27.5. The van der Waals surface area contributed by atoms with Gasteiger partial charge >= 0.3 is 0 Å². The molecule has 0 aliphatic rings. The molecule has 35 heteroatoms. The fourth-order valence-electron chi connectivity index (χ4n) is 12.6. The van der Waals surface area contributed by atoms with E-state index in [9.17, 15) is 14.0 Å². The number of hydrogen-bond acceptors (Lipinski definition) is 20. The molecule has 0 bridgehead atoms. The molecular formula is C88H73Br5ClF2N25O2+2. The van der Waals surface area contributed by atoms with E-state index in [2.05, 4.69) is 175 Å². The number of rotatable bonds is 21. The third-order valence-corrected chi connectivity index (χ3v) is 21.8. The standard InChI is InChI=1S/C18H13BrClN5.C18H14BrFN5O.C18H13BrFN5.C18H14BrN5.C16H19BrN5O/c19-14-11-23-25-17(22-10-12-4-3-7-21-9-12)8-16(24-18(14)25)13-5-1-2-6-15(13)20;19-14-10-22-25-17(21-9-12-4-3-7-24(26)11-12)8-16(23-18(14)25)13-5-1-2-6-15(13)20;19-14-11-23-25-17(22-10-12-4-3-7-21-9-12)8-16(24-18(14)25)13-5-1-2-6-15(13)20;19-15-12-22-24-17(21-11-13-5-4-8-20-10-13)9-16(23-18(15)24)14-6-2-1-3-7-14;1-11(2)14-7-15(22-16(20-14)13(17)9-19-22)18-8-12-5-4-6-21(10-12)23-3/h1-9,11,22H,10H2;1-8,10-11,21,26H,9H2;1-9,11,22H,10H2;1-10,12,21H,11H2;4-7,9-11,18H,8H2,1-3H3/q;+1;;;+1. The summed E-state index contributed by atoms with van der Waals surface area (Å²) in [5.74, 6) is 3.70. The lowest BCUT2D eigenvalue weighted by atomic mass is 10.1. The van der Waals surface area contributed by atoms with Crippen LogP contribution in [0.5, 0.6) is 0 Å². The van der Waals surface area contributed by atoms with Crippen molar-refractivity contribution >= 4 is 149 Å². The first kappa shape index (κ1) is 84.9. The normalized spacial score (nSPS) is 11.0. The van der Waals surface area contributed by atoms with Crippen LogP contribution in [0.15, 0.2) is 309 Å². The first-order valence-electron chi connectivity index (χ1n) is 38.1. The van der Waals surface area contributed by atoms with Crippen molar-refractivity contribution in [1.29, 1.82) is 0 Å². The van der Waals surface area contributed by atoms with Crippen molar-refractivity contribution in [3.63, 3.8) is 0 Å². The van der Waals surface area contributed by atoms with E-state index < -0.39 is 0 Å². The average molecular weight is 1990 g/mol. The maximum Gasteiger partial charge on any atom is 0.227 e. The SMILES string of the molecule is Brc1cnn2c(NCc3cccnc3)cc(-c3ccccc3)nc12.CO[n+]1cccc(CNc2cc(C(C)C)nc3c(Br)cnn23)c1.Clc1ccccc1-c1cc(NCc2cccnc2)n2ncc(Br)c2n1.Fc1ccccc1-c1cc(NCc2cccnc2)n2ncc(Br)c2n1.O[n+]1cccc(CNc2cc(-c3ccccc3F)nc3c(Br)cnn23)c1. The van der Waals surface area contributed by atoms with Crippen molar-refractivity contribution in [2.24, 2.45) is 0 Å². The Morgan fingerprint density at radius 1 is 0.382 bits per heavy atom. The Bertz CT molecular complexity index is 6690. The molecule has 0 radical (unpaired) electrons. The van der Waals surface area contributed by atoms with E-state index in [0.29, 0.717) is 87.8 Å². The number of nitrogens with one attached hydrogen (secondary N) is 5. The molecule has 19 rings (SSSR count). The Hall–Kier alpha value is -13.1. The smallest absolute Gasteiger partial charge is 0.227 e. The number of aromatic nitrogens is 20. The molecule has 19 aromatic rings. The van der Waals surface area contributed by atoms with Crippen LogP contribution >= 0.6 is 91.3 Å². The second kappa shape index (κ2) is 40.0. The van der Waals surface area contributed by atoms with Gasteiger partial charge in [0, 0.05) is 166 Å². The van der Waals surface area contributed by atoms with Crippen LogP contribution in [0.3, 0.4) is 0 Å². The van der Waals surface area contributed by atoms with Crippen LogP contribution in [0.25, 0.3) is 73.3 Å². The summed E-state index contributed by atoms with van der Waals surface area (Å²) in [6.45, 7) is 7.25. The zero-order valence-corrected chi connectivity index (χ0v) is 74.3. The fourth-order valence-corrected chi connectivity index (χ4v) is 14.6. The Morgan fingerprint density at radius 2 is 0.724 bits per heavy atom. The topological polar surface area (TPSA) is 287 Å².